The van der Waals surface area contributed by atoms with Crippen molar-refractivity contribution < 1.29 is 71.2 Å². The number of rotatable bonds is 6. The number of phosphoric acid groups is 3. The largest absolute Gasteiger partial charge is 0.470 e. The van der Waals surface area contributed by atoms with E-state index in [0.29, 0.717) is 0 Å². The van der Waals surface area contributed by atoms with Crippen molar-refractivity contribution in [3.63, 3.8) is 0 Å². The molecule has 0 radical (unpaired) electrons. The Morgan fingerprint density at radius 3 is 1.33 bits per heavy atom. The molecule has 0 amide bonds. The van der Waals surface area contributed by atoms with Gasteiger partial charge in [-0.1, -0.05) is 0 Å². The first-order valence-electron chi connectivity index (χ1n) is 5.74. The van der Waals surface area contributed by atoms with Crippen LogP contribution >= 0.6 is 23.5 Å². The van der Waals surface area contributed by atoms with Crippen molar-refractivity contribution in [1.82, 2.24) is 0 Å². The molecular formula is C6H14FO14P3. The maximum absolute atomic E-state index is 14.1. The summed E-state index contributed by atoms with van der Waals surface area (Å²) in [6, 6.07) is 0. The smallest absolute Gasteiger partial charge is 0.387 e. The van der Waals surface area contributed by atoms with E-state index in [0.717, 1.165) is 0 Å². The summed E-state index contributed by atoms with van der Waals surface area (Å²) in [5, 5.41) is 19.4. The topological polar surface area (TPSA) is 241 Å². The maximum atomic E-state index is 14.1. The molecule has 8 N–H and O–H groups in total. The van der Waals surface area contributed by atoms with Gasteiger partial charge in [0.25, 0.3) is 0 Å². The predicted molar refractivity (Wildman–Crippen MR) is 67.7 cm³/mol. The fourth-order valence-electron chi connectivity index (χ4n) is 1.98. The lowest BCUT2D eigenvalue weighted by Gasteiger charge is -2.43. The normalized spacial score (nSPS) is 35.9. The van der Waals surface area contributed by atoms with Crippen molar-refractivity contribution in [1.29, 1.82) is 0 Å². The lowest BCUT2D eigenvalue weighted by Crippen LogP contribution is -2.63. The van der Waals surface area contributed by atoms with Crippen LogP contribution in [0.3, 0.4) is 0 Å². The van der Waals surface area contributed by atoms with Crippen molar-refractivity contribution in [2.75, 3.05) is 0 Å². The standard InChI is InChI=1S/C6H14FO14P3/c7-1-2(8)5(20-23(13,14)15)3(9)6(21-24(16,17)18)4(1)19-22(10,11)12/h1-6,8-9H,(H2,10,11,12)(H2,13,14,15)(H2,16,17,18)/t1-,2+,3-,4+,5+,6+/m1/s1. The average Bonchev–Trinajstić information content (AvgIpc) is 2.32. The van der Waals surface area contributed by atoms with Crippen LogP contribution in [0.25, 0.3) is 0 Å². The SMILES string of the molecule is O=P(O)(O)O[C@@H]1[C@@H](O)[C@H](OP(=O)(O)O)[C@@H](OP(=O)(O)O)[C@H](F)[C@@H]1O. The van der Waals surface area contributed by atoms with E-state index in [4.69, 9.17) is 29.4 Å². The van der Waals surface area contributed by atoms with E-state index in [9.17, 15) is 28.3 Å². The fourth-order valence-corrected chi connectivity index (χ4v) is 3.66. The van der Waals surface area contributed by atoms with Gasteiger partial charge in [-0.05, 0) is 0 Å². The van der Waals surface area contributed by atoms with Crippen LogP contribution in [0.5, 0.6) is 0 Å². The van der Waals surface area contributed by atoms with E-state index >= 15 is 0 Å². The second-order valence-corrected chi connectivity index (χ2v) is 8.18. The number of alkyl halides is 1. The predicted octanol–water partition coefficient (Wildman–Crippen LogP) is -2.51. The minimum absolute atomic E-state index is 2.45. The Hall–Kier alpha value is 0.180. The van der Waals surface area contributed by atoms with E-state index in [-0.39, 0.29) is 0 Å². The molecule has 24 heavy (non-hydrogen) atoms. The van der Waals surface area contributed by atoms with Gasteiger partial charge in [0.05, 0.1) is 0 Å². The molecule has 18 heteroatoms. The summed E-state index contributed by atoms with van der Waals surface area (Å²) in [7, 11) is -16.4. The zero-order valence-electron chi connectivity index (χ0n) is 11.2. The number of hydrogen-bond donors (Lipinski definition) is 8. The Bertz CT molecular complexity index is 579. The molecule has 0 aromatic heterocycles. The monoisotopic (exact) mass is 422 g/mol. The summed E-state index contributed by atoms with van der Waals surface area (Å²) in [4.78, 5) is 52.1. The van der Waals surface area contributed by atoms with E-state index < -0.39 is 60.2 Å². The minimum atomic E-state index is -5.49. The number of aliphatic hydroxyl groups excluding tert-OH is 2. The summed E-state index contributed by atoms with van der Waals surface area (Å²) in [6.07, 6.45) is -15.6. The summed E-state index contributed by atoms with van der Waals surface area (Å²) >= 11 is 0. The van der Waals surface area contributed by atoms with Crippen molar-refractivity contribution in [2.45, 2.75) is 36.7 Å². The third-order valence-electron chi connectivity index (χ3n) is 2.75. The van der Waals surface area contributed by atoms with Crippen LogP contribution in [0.15, 0.2) is 0 Å². The maximum Gasteiger partial charge on any atom is 0.470 e. The van der Waals surface area contributed by atoms with Gasteiger partial charge in [-0.25, -0.2) is 18.1 Å². The molecule has 1 aliphatic rings. The van der Waals surface area contributed by atoms with Crippen molar-refractivity contribution in [3.05, 3.63) is 0 Å². The van der Waals surface area contributed by atoms with Crippen LogP contribution in [0.1, 0.15) is 0 Å². The fraction of sp³-hybridized carbons (Fsp3) is 1.00. The van der Waals surface area contributed by atoms with Gasteiger partial charge in [0.1, 0.15) is 30.5 Å². The highest BCUT2D eigenvalue weighted by Gasteiger charge is 2.57. The molecule has 0 aliphatic heterocycles. The second kappa shape index (κ2) is 7.43. The highest BCUT2D eigenvalue weighted by molar-refractivity contribution is 7.46. The molecule has 6 atom stereocenters. The first-order chi connectivity index (χ1) is 10.5. The van der Waals surface area contributed by atoms with Gasteiger partial charge in [0.15, 0.2) is 6.17 Å². The van der Waals surface area contributed by atoms with Gasteiger partial charge in [0, 0.05) is 0 Å². The van der Waals surface area contributed by atoms with E-state index in [2.05, 4.69) is 13.6 Å². The van der Waals surface area contributed by atoms with Crippen LogP contribution in [0.2, 0.25) is 0 Å². The van der Waals surface area contributed by atoms with Crippen LogP contribution in [0.4, 0.5) is 4.39 Å². The highest BCUT2D eigenvalue weighted by atomic mass is 31.2. The third kappa shape index (κ3) is 6.48. The summed E-state index contributed by atoms with van der Waals surface area (Å²) in [5.41, 5.74) is 0. The zero-order valence-corrected chi connectivity index (χ0v) is 13.9. The Balaban J connectivity index is 3.23. The lowest BCUT2D eigenvalue weighted by molar-refractivity contribution is -0.195. The van der Waals surface area contributed by atoms with Gasteiger partial charge in [-0.2, -0.15) is 0 Å². The number of phosphoric ester groups is 3. The van der Waals surface area contributed by atoms with E-state index in [1.807, 2.05) is 0 Å². The molecular weight excluding hydrogens is 408 g/mol. The quantitative estimate of drug-likeness (QED) is 0.206. The summed E-state index contributed by atoms with van der Waals surface area (Å²) in [6.45, 7) is 0. The minimum Gasteiger partial charge on any atom is -0.387 e. The molecule has 0 saturated heterocycles. The molecule has 0 spiro atoms. The molecule has 1 aliphatic carbocycles. The van der Waals surface area contributed by atoms with Gasteiger partial charge in [-0.15, -0.1) is 0 Å². The van der Waals surface area contributed by atoms with Crippen molar-refractivity contribution >= 4 is 23.5 Å². The lowest BCUT2D eigenvalue weighted by atomic mass is 9.86. The van der Waals surface area contributed by atoms with Crippen LogP contribution in [-0.4, -0.2) is 76.3 Å². The molecule has 14 nitrogen and oxygen atoms in total. The first kappa shape index (κ1) is 22.2. The van der Waals surface area contributed by atoms with Gasteiger partial charge in [-0.3, -0.25) is 13.6 Å². The Morgan fingerprint density at radius 2 is 0.958 bits per heavy atom. The Morgan fingerprint density at radius 1 is 0.625 bits per heavy atom. The molecule has 1 fully saturated rings. The number of aliphatic hydroxyl groups is 2. The molecule has 0 bridgehead atoms. The molecule has 0 aromatic rings. The summed E-state index contributed by atoms with van der Waals surface area (Å²) in [5.74, 6) is 0. The Labute approximate surface area is 132 Å². The second-order valence-electron chi connectivity index (χ2n) is 4.61. The third-order valence-corrected chi connectivity index (χ3v) is 4.30. The zero-order chi connectivity index (χ0) is 19.1. The van der Waals surface area contributed by atoms with Crippen molar-refractivity contribution in [3.8, 4) is 0 Å². The molecule has 1 saturated carbocycles. The van der Waals surface area contributed by atoms with Crippen LogP contribution in [0, 0.1) is 0 Å². The molecule has 0 heterocycles. The molecule has 0 unspecified atom stereocenters. The van der Waals surface area contributed by atoms with E-state index in [1.165, 1.54) is 0 Å². The van der Waals surface area contributed by atoms with Crippen LogP contribution < -0.4 is 0 Å². The molecule has 144 valence electrons. The Kier molecular flexibility index (Phi) is 6.88. The van der Waals surface area contributed by atoms with Gasteiger partial charge < -0.3 is 39.6 Å². The highest BCUT2D eigenvalue weighted by Crippen LogP contribution is 2.49. The van der Waals surface area contributed by atoms with Gasteiger partial charge >= 0.3 is 23.5 Å². The number of hydrogen-bond acceptors (Lipinski definition) is 8. The van der Waals surface area contributed by atoms with Crippen molar-refractivity contribution in [2.24, 2.45) is 0 Å². The molecule has 0 aromatic carbocycles. The van der Waals surface area contributed by atoms with Crippen LogP contribution in [-0.2, 0) is 27.3 Å². The molecule has 1 rings (SSSR count). The summed E-state index contributed by atoms with van der Waals surface area (Å²) < 4.78 is 58.4. The van der Waals surface area contributed by atoms with Gasteiger partial charge in [0.2, 0.25) is 0 Å². The average molecular weight is 422 g/mol. The van der Waals surface area contributed by atoms with E-state index in [1.54, 1.807) is 0 Å². The number of halogens is 1. The first-order valence-corrected chi connectivity index (χ1v) is 10.3.